The number of amides is 2. The molecule has 0 atom stereocenters. The van der Waals surface area contributed by atoms with Crippen molar-refractivity contribution in [2.75, 3.05) is 12.4 Å². The average molecular weight is 464 g/mol. The first-order valence-electron chi connectivity index (χ1n) is 11.4. The normalized spacial score (nSPS) is 11.2. The van der Waals surface area contributed by atoms with E-state index in [0.717, 1.165) is 39.8 Å². The van der Waals surface area contributed by atoms with Crippen LogP contribution in [0.15, 0.2) is 48.5 Å². The van der Waals surface area contributed by atoms with Gasteiger partial charge in [-0.15, -0.1) is 0 Å². The molecule has 0 fully saturated rings. The van der Waals surface area contributed by atoms with Gasteiger partial charge in [0.05, 0.1) is 5.52 Å². The molecule has 0 bridgehead atoms. The van der Waals surface area contributed by atoms with Gasteiger partial charge >= 0.3 is 6.09 Å². The van der Waals surface area contributed by atoms with E-state index in [1.54, 1.807) is 18.0 Å². The minimum absolute atomic E-state index is 0.157. The van der Waals surface area contributed by atoms with Crippen molar-refractivity contribution in [3.05, 3.63) is 65.2 Å². The van der Waals surface area contributed by atoms with Gasteiger partial charge in [0, 0.05) is 25.9 Å². The van der Waals surface area contributed by atoms with Gasteiger partial charge < -0.3 is 19.7 Å². The van der Waals surface area contributed by atoms with Crippen LogP contribution in [-0.2, 0) is 29.1 Å². The van der Waals surface area contributed by atoms with Crippen LogP contribution >= 0.6 is 0 Å². The number of ether oxygens (including phenoxy) is 2. The fourth-order valence-corrected chi connectivity index (χ4v) is 3.45. The highest BCUT2D eigenvalue weighted by molar-refractivity contribution is 5.89. The molecule has 0 unspecified atom stereocenters. The van der Waals surface area contributed by atoms with Crippen molar-refractivity contribution in [2.45, 2.75) is 59.8 Å². The van der Waals surface area contributed by atoms with Crippen molar-refractivity contribution in [1.29, 1.82) is 0 Å². The lowest BCUT2D eigenvalue weighted by atomic mass is 10.1. The summed E-state index contributed by atoms with van der Waals surface area (Å²) in [5.74, 6) is 1.11. The quantitative estimate of drug-likeness (QED) is 0.486. The molecule has 1 heterocycles. The zero-order valence-electron chi connectivity index (χ0n) is 20.8. The summed E-state index contributed by atoms with van der Waals surface area (Å²) in [7, 11) is 1.73. The van der Waals surface area contributed by atoms with Gasteiger partial charge in [-0.3, -0.25) is 4.79 Å². The van der Waals surface area contributed by atoms with Gasteiger partial charge in [-0.1, -0.05) is 25.1 Å². The molecule has 34 heavy (non-hydrogen) atoms. The standard InChI is InChI=1S/C27H33N3O4/c1-7-19-12-21(16-30(6)26(32)34-27(3,4)5)14-23(13-19)33-17-20-8-9-22-10-11-25(28-18(2)31)29-24(22)15-20/h8-15H,7,16-17H2,1-6H3,(H,28,29,31). The number of hydrogen-bond acceptors (Lipinski definition) is 5. The Kier molecular flexibility index (Phi) is 7.76. The van der Waals surface area contributed by atoms with Crippen LogP contribution in [0.25, 0.3) is 10.9 Å². The zero-order chi connectivity index (χ0) is 24.9. The largest absolute Gasteiger partial charge is 0.489 e. The van der Waals surface area contributed by atoms with Gasteiger partial charge in [-0.2, -0.15) is 0 Å². The van der Waals surface area contributed by atoms with E-state index in [0.29, 0.717) is 19.0 Å². The van der Waals surface area contributed by atoms with E-state index in [4.69, 9.17) is 9.47 Å². The molecule has 0 aliphatic carbocycles. The molecule has 0 spiro atoms. The molecule has 180 valence electrons. The number of anilines is 1. The van der Waals surface area contributed by atoms with Crippen LogP contribution in [0.5, 0.6) is 5.75 Å². The fraction of sp³-hybridized carbons (Fsp3) is 0.370. The minimum Gasteiger partial charge on any atom is -0.489 e. The monoisotopic (exact) mass is 463 g/mol. The van der Waals surface area contributed by atoms with Crippen molar-refractivity contribution in [1.82, 2.24) is 9.88 Å². The molecule has 0 aliphatic rings. The summed E-state index contributed by atoms with van der Waals surface area (Å²) in [5, 5.41) is 3.70. The third-order valence-electron chi connectivity index (χ3n) is 5.03. The highest BCUT2D eigenvalue weighted by atomic mass is 16.6. The maximum absolute atomic E-state index is 12.3. The van der Waals surface area contributed by atoms with Gasteiger partial charge in [0.25, 0.3) is 0 Å². The number of benzene rings is 2. The Bertz CT molecular complexity index is 1180. The third kappa shape index (κ3) is 7.20. The lowest BCUT2D eigenvalue weighted by Crippen LogP contribution is -2.33. The molecule has 0 saturated heterocycles. The van der Waals surface area contributed by atoms with E-state index in [2.05, 4.69) is 23.3 Å². The topological polar surface area (TPSA) is 80.8 Å². The Morgan fingerprint density at radius 3 is 2.38 bits per heavy atom. The smallest absolute Gasteiger partial charge is 0.410 e. The summed E-state index contributed by atoms with van der Waals surface area (Å²) < 4.78 is 11.6. The summed E-state index contributed by atoms with van der Waals surface area (Å²) in [6, 6.07) is 15.7. The van der Waals surface area contributed by atoms with Crippen LogP contribution in [0, 0.1) is 0 Å². The van der Waals surface area contributed by atoms with Gasteiger partial charge in [0.2, 0.25) is 5.91 Å². The number of carbonyl (C=O) groups excluding carboxylic acids is 2. The predicted molar refractivity (Wildman–Crippen MR) is 134 cm³/mol. The van der Waals surface area contributed by atoms with Crippen LogP contribution in [0.2, 0.25) is 0 Å². The lowest BCUT2D eigenvalue weighted by molar-refractivity contribution is -0.114. The van der Waals surface area contributed by atoms with Crippen LogP contribution < -0.4 is 10.1 Å². The number of fused-ring (bicyclic) bond motifs is 1. The fourth-order valence-electron chi connectivity index (χ4n) is 3.45. The van der Waals surface area contributed by atoms with Crippen molar-refractivity contribution < 1.29 is 19.1 Å². The highest BCUT2D eigenvalue weighted by Crippen LogP contribution is 2.23. The molecule has 2 aromatic carbocycles. The van der Waals surface area contributed by atoms with Crippen molar-refractivity contribution in [3.8, 4) is 5.75 Å². The Hall–Kier alpha value is -3.61. The van der Waals surface area contributed by atoms with Crippen molar-refractivity contribution in [2.24, 2.45) is 0 Å². The van der Waals surface area contributed by atoms with Crippen LogP contribution in [-0.4, -0.2) is 34.5 Å². The number of pyridine rings is 1. The lowest BCUT2D eigenvalue weighted by Gasteiger charge is -2.25. The summed E-state index contributed by atoms with van der Waals surface area (Å²) in [4.78, 5) is 29.7. The molecule has 0 aliphatic heterocycles. The maximum atomic E-state index is 12.3. The Balaban J connectivity index is 1.73. The number of nitrogens with zero attached hydrogens (tertiary/aromatic N) is 2. The Morgan fingerprint density at radius 2 is 1.71 bits per heavy atom. The van der Waals surface area contributed by atoms with Gasteiger partial charge in [-0.25, -0.2) is 9.78 Å². The number of nitrogens with one attached hydrogen (secondary N) is 1. The third-order valence-corrected chi connectivity index (χ3v) is 5.03. The van der Waals surface area contributed by atoms with E-state index < -0.39 is 5.60 Å². The first kappa shape index (κ1) is 25.0. The number of hydrogen-bond donors (Lipinski definition) is 1. The SMILES string of the molecule is CCc1cc(CN(C)C(=O)OC(C)(C)C)cc(OCc2ccc3ccc(NC(C)=O)nc3c2)c1. The Morgan fingerprint density at radius 1 is 1.00 bits per heavy atom. The highest BCUT2D eigenvalue weighted by Gasteiger charge is 2.20. The number of carbonyl (C=O) groups is 2. The molecule has 2 amide bonds. The molecule has 7 nitrogen and oxygen atoms in total. The van der Waals surface area contributed by atoms with Crippen LogP contribution in [0.3, 0.4) is 0 Å². The summed E-state index contributed by atoms with van der Waals surface area (Å²) in [6.07, 6.45) is 0.491. The molecule has 1 aromatic heterocycles. The number of aryl methyl sites for hydroxylation is 1. The first-order valence-corrected chi connectivity index (χ1v) is 11.4. The van der Waals surface area contributed by atoms with Crippen molar-refractivity contribution >= 4 is 28.7 Å². The molecule has 0 radical (unpaired) electrons. The molecule has 3 aromatic rings. The first-order chi connectivity index (χ1) is 16.0. The number of aromatic nitrogens is 1. The predicted octanol–water partition coefficient (Wildman–Crippen LogP) is 5.70. The second-order valence-electron chi connectivity index (χ2n) is 9.37. The second kappa shape index (κ2) is 10.5. The van der Waals surface area contributed by atoms with Crippen LogP contribution in [0.1, 0.15) is 51.3 Å². The summed E-state index contributed by atoms with van der Waals surface area (Å²) in [5.41, 5.74) is 3.32. The molecule has 3 rings (SSSR count). The van der Waals surface area contributed by atoms with E-state index in [-0.39, 0.29) is 12.0 Å². The van der Waals surface area contributed by atoms with Gasteiger partial charge in [0.15, 0.2) is 0 Å². The molecular weight excluding hydrogens is 430 g/mol. The van der Waals surface area contributed by atoms with E-state index in [1.165, 1.54) is 6.92 Å². The minimum atomic E-state index is -0.539. The molecule has 0 saturated carbocycles. The molecule has 7 heteroatoms. The summed E-state index contributed by atoms with van der Waals surface area (Å²) in [6.45, 7) is 9.89. The molecular formula is C27H33N3O4. The molecule has 1 N–H and O–H groups in total. The van der Waals surface area contributed by atoms with Gasteiger partial charge in [-0.05, 0) is 74.2 Å². The maximum Gasteiger partial charge on any atom is 0.410 e. The van der Waals surface area contributed by atoms with Crippen molar-refractivity contribution in [3.63, 3.8) is 0 Å². The second-order valence-corrected chi connectivity index (χ2v) is 9.37. The zero-order valence-corrected chi connectivity index (χ0v) is 20.8. The van der Waals surface area contributed by atoms with Crippen LogP contribution in [0.4, 0.5) is 10.6 Å². The van der Waals surface area contributed by atoms with Gasteiger partial charge in [0.1, 0.15) is 23.8 Å². The average Bonchev–Trinajstić information content (AvgIpc) is 2.75. The van der Waals surface area contributed by atoms with E-state index >= 15 is 0 Å². The van der Waals surface area contributed by atoms with E-state index in [9.17, 15) is 9.59 Å². The summed E-state index contributed by atoms with van der Waals surface area (Å²) >= 11 is 0. The van der Waals surface area contributed by atoms with E-state index in [1.807, 2.05) is 57.2 Å². The Labute approximate surface area is 201 Å². The number of rotatable bonds is 7.